The Bertz CT molecular complexity index is 596. The summed E-state index contributed by atoms with van der Waals surface area (Å²) in [5, 5.41) is 11.0. The zero-order valence-electron chi connectivity index (χ0n) is 12.0. The van der Waals surface area contributed by atoms with E-state index >= 15 is 0 Å². The van der Waals surface area contributed by atoms with Crippen molar-refractivity contribution in [2.24, 2.45) is 0 Å². The van der Waals surface area contributed by atoms with Gasteiger partial charge in [-0.3, -0.25) is 0 Å². The molecule has 1 unspecified atom stereocenters. The predicted molar refractivity (Wildman–Crippen MR) is 88.0 cm³/mol. The van der Waals surface area contributed by atoms with Crippen LogP contribution in [0.25, 0.3) is 0 Å². The highest BCUT2D eigenvalue weighted by Crippen LogP contribution is 2.28. The van der Waals surface area contributed by atoms with E-state index in [0.29, 0.717) is 5.02 Å². The normalized spacial score (nSPS) is 15.6. The van der Waals surface area contributed by atoms with E-state index in [2.05, 4.69) is 29.2 Å². The summed E-state index contributed by atoms with van der Waals surface area (Å²) in [6.45, 7) is 1.95. The summed E-state index contributed by atoms with van der Waals surface area (Å²) in [5.74, 6) is 0. The first-order valence-corrected chi connectivity index (χ1v) is 7.88. The maximum Gasteiger partial charge on any atom is 0.0806 e. The van der Waals surface area contributed by atoms with Crippen molar-refractivity contribution in [2.45, 2.75) is 25.4 Å². The number of rotatable bonds is 4. The van der Waals surface area contributed by atoms with Crippen LogP contribution in [0.3, 0.4) is 0 Å². The van der Waals surface area contributed by atoms with Crippen LogP contribution in [-0.4, -0.2) is 18.2 Å². The number of hydrogen-bond donors (Lipinski definition) is 1. The van der Waals surface area contributed by atoms with Crippen LogP contribution >= 0.6 is 11.6 Å². The molecular formula is C18H20ClNO. The quantitative estimate of drug-likeness (QED) is 0.914. The van der Waals surface area contributed by atoms with Gasteiger partial charge in [0.25, 0.3) is 0 Å². The second-order valence-electron chi connectivity index (χ2n) is 5.58. The molecule has 1 aliphatic heterocycles. The second-order valence-corrected chi connectivity index (χ2v) is 6.01. The lowest BCUT2D eigenvalue weighted by molar-refractivity contribution is 0.169. The summed E-state index contributed by atoms with van der Waals surface area (Å²) in [6, 6.07) is 16.0. The Morgan fingerprint density at radius 2 is 1.86 bits per heavy atom. The van der Waals surface area contributed by atoms with E-state index in [4.69, 9.17) is 11.6 Å². The Morgan fingerprint density at radius 1 is 1.10 bits per heavy atom. The highest BCUT2D eigenvalue weighted by Gasteiger charge is 2.17. The van der Waals surface area contributed by atoms with Crippen molar-refractivity contribution in [3.05, 3.63) is 64.7 Å². The summed E-state index contributed by atoms with van der Waals surface area (Å²) >= 11 is 5.88. The Hall–Kier alpha value is -1.51. The molecule has 0 saturated heterocycles. The molecule has 2 aromatic rings. The lowest BCUT2D eigenvalue weighted by Crippen LogP contribution is -2.31. The minimum absolute atomic E-state index is 0.434. The van der Waals surface area contributed by atoms with E-state index in [9.17, 15) is 5.11 Å². The van der Waals surface area contributed by atoms with Gasteiger partial charge in [0.2, 0.25) is 0 Å². The topological polar surface area (TPSA) is 23.5 Å². The van der Waals surface area contributed by atoms with Crippen LogP contribution in [-0.2, 0) is 6.42 Å². The van der Waals surface area contributed by atoms with Crippen LogP contribution in [0.2, 0.25) is 5.02 Å². The SMILES string of the molecule is OC(CCN1CCCc2ccccc21)c1ccc(Cl)cc1. The van der Waals surface area contributed by atoms with E-state index in [0.717, 1.165) is 31.5 Å². The molecule has 1 atom stereocenters. The molecule has 3 heteroatoms. The molecule has 0 spiro atoms. The zero-order chi connectivity index (χ0) is 14.7. The van der Waals surface area contributed by atoms with Crippen molar-refractivity contribution in [3.63, 3.8) is 0 Å². The summed E-state index contributed by atoms with van der Waals surface area (Å²) in [5.41, 5.74) is 3.68. The third-order valence-corrected chi connectivity index (χ3v) is 4.39. The fourth-order valence-corrected chi connectivity index (χ4v) is 3.10. The molecule has 0 saturated carbocycles. The van der Waals surface area contributed by atoms with Gasteiger partial charge in [0.1, 0.15) is 0 Å². The van der Waals surface area contributed by atoms with Gasteiger partial charge in [0.05, 0.1) is 6.10 Å². The molecule has 1 N–H and O–H groups in total. The number of para-hydroxylation sites is 1. The van der Waals surface area contributed by atoms with E-state index in [1.165, 1.54) is 17.7 Å². The minimum atomic E-state index is -0.434. The Balaban J connectivity index is 1.64. The monoisotopic (exact) mass is 301 g/mol. The maximum absolute atomic E-state index is 10.3. The number of aliphatic hydroxyl groups excluding tert-OH is 1. The maximum atomic E-state index is 10.3. The fourth-order valence-electron chi connectivity index (χ4n) is 2.97. The smallest absolute Gasteiger partial charge is 0.0806 e. The molecule has 0 bridgehead atoms. The van der Waals surface area contributed by atoms with Gasteiger partial charge in [0.15, 0.2) is 0 Å². The van der Waals surface area contributed by atoms with Crippen molar-refractivity contribution in [2.75, 3.05) is 18.0 Å². The van der Waals surface area contributed by atoms with Gasteiger partial charge in [-0.2, -0.15) is 0 Å². The molecule has 1 heterocycles. The summed E-state index contributed by atoms with van der Waals surface area (Å²) in [7, 11) is 0. The molecule has 2 nitrogen and oxygen atoms in total. The van der Waals surface area contributed by atoms with Crippen LogP contribution in [0.5, 0.6) is 0 Å². The van der Waals surface area contributed by atoms with Crippen molar-refractivity contribution in [1.29, 1.82) is 0 Å². The molecule has 0 aliphatic carbocycles. The molecule has 0 amide bonds. The van der Waals surface area contributed by atoms with Crippen LogP contribution in [0.1, 0.15) is 30.1 Å². The van der Waals surface area contributed by atoms with Gasteiger partial charge in [-0.05, 0) is 48.6 Å². The largest absolute Gasteiger partial charge is 0.388 e. The summed E-state index contributed by atoms with van der Waals surface area (Å²) < 4.78 is 0. The first-order valence-electron chi connectivity index (χ1n) is 7.50. The molecule has 21 heavy (non-hydrogen) atoms. The first-order chi connectivity index (χ1) is 10.2. The van der Waals surface area contributed by atoms with Crippen molar-refractivity contribution in [3.8, 4) is 0 Å². The number of aliphatic hydroxyl groups is 1. The summed E-state index contributed by atoms with van der Waals surface area (Å²) in [6.07, 6.45) is 2.65. The van der Waals surface area contributed by atoms with Crippen LogP contribution in [0, 0.1) is 0 Å². The number of fused-ring (bicyclic) bond motifs is 1. The molecular weight excluding hydrogens is 282 g/mol. The van der Waals surface area contributed by atoms with Gasteiger partial charge < -0.3 is 10.0 Å². The number of benzene rings is 2. The average molecular weight is 302 g/mol. The number of halogens is 1. The number of hydrogen-bond acceptors (Lipinski definition) is 2. The Morgan fingerprint density at radius 3 is 2.67 bits per heavy atom. The van der Waals surface area contributed by atoms with Crippen molar-refractivity contribution < 1.29 is 5.11 Å². The highest BCUT2D eigenvalue weighted by molar-refractivity contribution is 6.30. The molecule has 1 aliphatic rings. The van der Waals surface area contributed by atoms with Gasteiger partial charge in [-0.1, -0.05) is 41.9 Å². The lowest BCUT2D eigenvalue weighted by atomic mass is 10.0. The molecule has 0 fully saturated rings. The average Bonchev–Trinajstić information content (AvgIpc) is 2.53. The van der Waals surface area contributed by atoms with E-state index in [1.807, 2.05) is 24.3 Å². The molecule has 0 radical (unpaired) electrons. The Kier molecular flexibility index (Phi) is 4.47. The zero-order valence-corrected chi connectivity index (χ0v) is 12.8. The Labute approximate surface area is 131 Å². The van der Waals surface area contributed by atoms with Crippen molar-refractivity contribution >= 4 is 17.3 Å². The second kappa shape index (κ2) is 6.50. The number of anilines is 1. The van der Waals surface area contributed by atoms with Crippen LogP contribution in [0.4, 0.5) is 5.69 Å². The van der Waals surface area contributed by atoms with E-state index < -0.39 is 6.10 Å². The van der Waals surface area contributed by atoms with Gasteiger partial charge in [0, 0.05) is 23.8 Å². The van der Waals surface area contributed by atoms with Crippen LogP contribution < -0.4 is 4.90 Å². The van der Waals surface area contributed by atoms with Gasteiger partial charge in [-0.15, -0.1) is 0 Å². The molecule has 0 aromatic heterocycles. The number of nitrogens with zero attached hydrogens (tertiary/aromatic N) is 1. The highest BCUT2D eigenvalue weighted by atomic mass is 35.5. The molecule has 2 aromatic carbocycles. The van der Waals surface area contributed by atoms with E-state index in [1.54, 1.807) is 0 Å². The fraction of sp³-hybridized carbons (Fsp3) is 0.333. The predicted octanol–water partition coefficient (Wildman–Crippen LogP) is 4.22. The van der Waals surface area contributed by atoms with Gasteiger partial charge in [-0.25, -0.2) is 0 Å². The van der Waals surface area contributed by atoms with Gasteiger partial charge >= 0.3 is 0 Å². The first kappa shape index (κ1) is 14.4. The van der Waals surface area contributed by atoms with Crippen LogP contribution in [0.15, 0.2) is 48.5 Å². The lowest BCUT2D eigenvalue weighted by Gasteiger charge is -2.32. The van der Waals surface area contributed by atoms with E-state index in [-0.39, 0.29) is 0 Å². The molecule has 110 valence electrons. The minimum Gasteiger partial charge on any atom is -0.388 e. The third-order valence-electron chi connectivity index (χ3n) is 4.13. The number of aryl methyl sites for hydroxylation is 1. The molecule has 3 rings (SSSR count). The summed E-state index contributed by atoms with van der Waals surface area (Å²) in [4.78, 5) is 2.39. The third kappa shape index (κ3) is 3.39. The standard InChI is InChI=1S/C18H20ClNO/c19-16-9-7-15(8-10-16)18(21)11-13-20-12-3-5-14-4-1-2-6-17(14)20/h1-2,4,6-10,18,21H,3,5,11-13H2. The van der Waals surface area contributed by atoms with Crippen molar-refractivity contribution in [1.82, 2.24) is 0 Å².